The fraction of sp³-hybridized carbons (Fsp3) is 0.161. The predicted molar refractivity (Wildman–Crippen MR) is 152 cm³/mol. The van der Waals surface area contributed by atoms with Gasteiger partial charge in [0.1, 0.15) is 17.0 Å². The Bertz CT molecular complexity index is 1870. The Balaban J connectivity index is 1.42. The highest BCUT2D eigenvalue weighted by molar-refractivity contribution is 6.04. The van der Waals surface area contributed by atoms with E-state index in [1.165, 1.54) is 17.7 Å². The summed E-state index contributed by atoms with van der Waals surface area (Å²) in [6, 6.07) is 22.7. The van der Waals surface area contributed by atoms with Crippen LogP contribution in [-0.4, -0.2) is 27.3 Å². The third kappa shape index (κ3) is 4.62. The predicted octanol–water partition coefficient (Wildman–Crippen LogP) is 4.75. The van der Waals surface area contributed by atoms with Crippen LogP contribution in [0.15, 0.2) is 92.9 Å². The molecule has 0 spiro atoms. The van der Waals surface area contributed by atoms with Crippen LogP contribution in [0.2, 0.25) is 0 Å². The van der Waals surface area contributed by atoms with Crippen molar-refractivity contribution in [2.45, 2.75) is 26.9 Å². The van der Waals surface area contributed by atoms with Gasteiger partial charge in [-0.25, -0.2) is 9.48 Å². The highest BCUT2D eigenvalue weighted by Gasteiger charge is 2.26. The fourth-order valence-electron chi connectivity index (χ4n) is 4.55. The summed E-state index contributed by atoms with van der Waals surface area (Å²) in [6.45, 7) is 4.78. The van der Waals surface area contributed by atoms with Gasteiger partial charge in [-0.05, 0) is 45.0 Å². The van der Waals surface area contributed by atoms with Gasteiger partial charge in [0.05, 0.1) is 16.8 Å². The Hall–Kier alpha value is -5.18. The molecule has 0 aliphatic rings. The molecule has 0 fully saturated rings. The lowest BCUT2D eigenvalue weighted by molar-refractivity contribution is -0.123. The second-order valence-corrected chi connectivity index (χ2v) is 9.41. The number of nitrogens with one attached hydrogen (secondary N) is 1. The highest BCUT2D eigenvalue weighted by Crippen LogP contribution is 2.28. The first-order valence-electron chi connectivity index (χ1n) is 12.7. The van der Waals surface area contributed by atoms with E-state index in [0.29, 0.717) is 28.3 Å². The number of carbonyl (C=O) groups excluding carboxylic acids is 2. The molecule has 1 amide bonds. The van der Waals surface area contributed by atoms with E-state index in [2.05, 4.69) is 5.32 Å². The molecular formula is C31H27N3O6. The van der Waals surface area contributed by atoms with Crippen molar-refractivity contribution in [2.75, 3.05) is 5.32 Å². The Morgan fingerprint density at radius 3 is 2.23 bits per heavy atom. The molecule has 2 heterocycles. The number of ether oxygens (including phenoxy) is 1. The van der Waals surface area contributed by atoms with Gasteiger partial charge in [-0.1, -0.05) is 54.6 Å². The zero-order valence-electron chi connectivity index (χ0n) is 22.4. The van der Waals surface area contributed by atoms with Crippen LogP contribution >= 0.6 is 0 Å². The van der Waals surface area contributed by atoms with Gasteiger partial charge in [-0.15, -0.1) is 0 Å². The molecule has 2 aromatic heterocycles. The van der Waals surface area contributed by atoms with Crippen LogP contribution in [0, 0.1) is 13.8 Å². The number of rotatable bonds is 6. The van der Waals surface area contributed by atoms with Crippen LogP contribution in [0.1, 0.15) is 28.5 Å². The average molecular weight is 538 g/mol. The number of hydrogen-bond acceptors (Lipinski definition) is 6. The third-order valence-corrected chi connectivity index (χ3v) is 6.86. The van der Waals surface area contributed by atoms with E-state index in [1.54, 1.807) is 49.8 Å². The topological polar surface area (TPSA) is 113 Å². The van der Waals surface area contributed by atoms with Gasteiger partial charge in [-0.2, -0.15) is 0 Å². The van der Waals surface area contributed by atoms with Crippen molar-refractivity contribution in [2.24, 2.45) is 7.05 Å². The first-order valence-corrected chi connectivity index (χ1v) is 12.7. The zero-order valence-corrected chi connectivity index (χ0v) is 22.4. The van der Waals surface area contributed by atoms with Gasteiger partial charge in [0.2, 0.25) is 0 Å². The molecule has 0 bridgehead atoms. The average Bonchev–Trinajstić information content (AvgIpc) is 3.18. The van der Waals surface area contributed by atoms with E-state index in [1.807, 2.05) is 48.5 Å². The van der Waals surface area contributed by atoms with E-state index in [4.69, 9.17) is 9.15 Å². The number of nitrogens with zero attached hydrogens (tertiary/aromatic N) is 2. The van der Waals surface area contributed by atoms with Gasteiger partial charge >= 0.3 is 5.97 Å². The van der Waals surface area contributed by atoms with Crippen LogP contribution in [0.5, 0.6) is 0 Å². The number of carbonyl (C=O) groups is 2. The maximum atomic E-state index is 13.2. The first-order chi connectivity index (χ1) is 19.2. The van der Waals surface area contributed by atoms with Crippen molar-refractivity contribution in [1.82, 2.24) is 9.36 Å². The highest BCUT2D eigenvalue weighted by atomic mass is 16.5. The normalized spacial score (nSPS) is 11.8. The molecule has 9 heteroatoms. The van der Waals surface area contributed by atoms with Crippen LogP contribution < -0.4 is 16.3 Å². The Morgan fingerprint density at radius 1 is 0.900 bits per heavy atom. The van der Waals surface area contributed by atoms with Crippen molar-refractivity contribution >= 4 is 28.5 Å². The summed E-state index contributed by atoms with van der Waals surface area (Å²) >= 11 is 0. The standard InChI is InChI=1S/C31H27N3O6/c1-18-26(35)23-16-11-17-24(28(23)40-27(18)21-12-7-5-8-13-21)31(38)39-20(3)29(36)32-25-19(2)33(4)34(30(25)37)22-14-9-6-10-15-22/h5-17,20H,1-4H3,(H,32,36). The molecule has 1 unspecified atom stereocenters. The number of aromatic nitrogens is 2. The van der Waals surface area contributed by atoms with E-state index in [-0.39, 0.29) is 27.6 Å². The quantitative estimate of drug-likeness (QED) is 0.313. The molecule has 5 rings (SSSR count). The van der Waals surface area contributed by atoms with Crippen molar-refractivity contribution in [3.8, 4) is 17.0 Å². The minimum Gasteiger partial charge on any atom is -0.455 e. The van der Waals surface area contributed by atoms with E-state index >= 15 is 0 Å². The molecule has 0 aliphatic carbocycles. The first kappa shape index (κ1) is 26.4. The van der Waals surface area contributed by atoms with Gasteiger partial charge in [-0.3, -0.25) is 19.1 Å². The Labute approximate surface area is 229 Å². The van der Waals surface area contributed by atoms with Crippen molar-refractivity contribution in [1.29, 1.82) is 0 Å². The second kappa shape index (κ2) is 10.5. The number of benzene rings is 3. The number of para-hydroxylation sites is 2. The van der Waals surface area contributed by atoms with E-state index < -0.39 is 23.5 Å². The summed E-state index contributed by atoms with van der Waals surface area (Å²) in [5.41, 5.74) is 1.74. The second-order valence-electron chi connectivity index (χ2n) is 9.41. The molecule has 0 aliphatic heterocycles. The largest absolute Gasteiger partial charge is 0.455 e. The Kier molecular flexibility index (Phi) is 6.96. The molecule has 1 N–H and O–H groups in total. The molecular weight excluding hydrogens is 510 g/mol. The maximum Gasteiger partial charge on any atom is 0.342 e. The SMILES string of the molecule is Cc1c(-c2ccccc2)oc2c(C(=O)OC(C)C(=O)Nc3c(C)n(C)n(-c4ccccc4)c3=O)cccc2c1=O. The fourth-order valence-corrected chi connectivity index (χ4v) is 4.55. The molecule has 1 atom stereocenters. The van der Waals surface area contributed by atoms with Gasteiger partial charge in [0.25, 0.3) is 11.5 Å². The molecule has 3 aromatic carbocycles. The minimum absolute atomic E-state index is 0.00811. The molecule has 40 heavy (non-hydrogen) atoms. The molecule has 9 nitrogen and oxygen atoms in total. The molecule has 0 radical (unpaired) electrons. The molecule has 0 saturated carbocycles. The van der Waals surface area contributed by atoms with Gasteiger partial charge in [0, 0.05) is 18.2 Å². The van der Waals surface area contributed by atoms with Crippen LogP contribution in [-0.2, 0) is 16.6 Å². The lowest BCUT2D eigenvalue weighted by Gasteiger charge is -2.14. The maximum absolute atomic E-state index is 13.2. The summed E-state index contributed by atoms with van der Waals surface area (Å²) in [5, 5.41) is 2.83. The number of anilines is 1. The zero-order chi connectivity index (χ0) is 28.6. The van der Waals surface area contributed by atoms with Crippen molar-refractivity contribution in [3.05, 3.63) is 116 Å². The minimum atomic E-state index is -1.25. The number of fused-ring (bicyclic) bond motifs is 1. The molecule has 202 valence electrons. The summed E-state index contributed by atoms with van der Waals surface area (Å²) in [7, 11) is 1.71. The monoisotopic (exact) mass is 537 g/mol. The number of hydrogen-bond donors (Lipinski definition) is 1. The van der Waals surface area contributed by atoms with Crippen molar-refractivity contribution < 1.29 is 18.7 Å². The summed E-state index contributed by atoms with van der Waals surface area (Å²) in [5.74, 6) is -1.17. The van der Waals surface area contributed by atoms with Gasteiger partial charge in [0.15, 0.2) is 17.1 Å². The lowest BCUT2D eigenvalue weighted by Crippen LogP contribution is -2.32. The van der Waals surface area contributed by atoms with E-state index in [9.17, 15) is 19.2 Å². The number of amides is 1. The summed E-state index contributed by atoms with van der Waals surface area (Å²) in [6.07, 6.45) is -1.25. The van der Waals surface area contributed by atoms with Crippen LogP contribution in [0.25, 0.3) is 28.0 Å². The summed E-state index contributed by atoms with van der Waals surface area (Å²) in [4.78, 5) is 52.5. The summed E-state index contributed by atoms with van der Waals surface area (Å²) < 4.78 is 14.6. The smallest absolute Gasteiger partial charge is 0.342 e. The van der Waals surface area contributed by atoms with Crippen LogP contribution in [0.3, 0.4) is 0 Å². The lowest BCUT2D eigenvalue weighted by atomic mass is 10.0. The van der Waals surface area contributed by atoms with Crippen molar-refractivity contribution in [3.63, 3.8) is 0 Å². The molecule has 0 saturated heterocycles. The Morgan fingerprint density at radius 2 is 1.55 bits per heavy atom. The number of esters is 1. The van der Waals surface area contributed by atoms with Gasteiger partial charge < -0.3 is 14.5 Å². The van der Waals surface area contributed by atoms with Crippen LogP contribution in [0.4, 0.5) is 5.69 Å². The third-order valence-electron chi connectivity index (χ3n) is 6.86. The molecule has 5 aromatic rings. The van der Waals surface area contributed by atoms with E-state index in [0.717, 1.165) is 0 Å².